The SMILES string of the molecule is C[C@]12CC[C@H](OC(=O)CCCCCCCCC(=O)O)C=C1CC[C@@H]1[C@@H]2CC[C@]2(C)[C@@H](c3ccc(=O)oc3)CC[C@]12O. The van der Waals surface area contributed by atoms with E-state index in [4.69, 9.17) is 14.3 Å². The van der Waals surface area contributed by atoms with Crippen molar-refractivity contribution in [2.75, 3.05) is 0 Å². The number of rotatable bonds is 11. The van der Waals surface area contributed by atoms with E-state index in [9.17, 15) is 19.5 Å². The van der Waals surface area contributed by atoms with Gasteiger partial charge in [0.1, 0.15) is 6.10 Å². The van der Waals surface area contributed by atoms with Crippen molar-refractivity contribution in [1.29, 1.82) is 0 Å². The Morgan fingerprint density at radius 1 is 0.927 bits per heavy atom. The Labute approximate surface area is 243 Å². The summed E-state index contributed by atoms with van der Waals surface area (Å²) >= 11 is 0. The van der Waals surface area contributed by atoms with Crippen LogP contribution in [0.25, 0.3) is 0 Å². The lowest BCUT2D eigenvalue weighted by molar-refractivity contribution is -0.178. The molecular weight excluding hydrogens is 520 g/mol. The predicted molar refractivity (Wildman–Crippen MR) is 155 cm³/mol. The monoisotopic (exact) mass is 568 g/mol. The van der Waals surface area contributed by atoms with Crippen molar-refractivity contribution in [3.05, 3.63) is 46.0 Å². The highest BCUT2D eigenvalue weighted by molar-refractivity contribution is 5.69. The molecule has 7 atom stereocenters. The van der Waals surface area contributed by atoms with E-state index in [0.29, 0.717) is 12.3 Å². The first-order chi connectivity index (χ1) is 19.6. The van der Waals surface area contributed by atoms with Gasteiger partial charge < -0.3 is 19.4 Å². The van der Waals surface area contributed by atoms with Crippen LogP contribution >= 0.6 is 0 Å². The third-order valence-electron chi connectivity index (χ3n) is 11.7. The van der Waals surface area contributed by atoms with Gasteiger partial charge in [-0.1, -0.05) is 45.1 Å². The minimum Gasteiger partial charge on any atom is -0.481 e. The first kappa shape index (κ1) is 30.1. The van der Waals surface area contributed by atoms with Crippen LogP contribution in [0.15, 0.2) is 39.3 Å². The zero-order valence-electron chi connectivity index (χ0n) is 24.9. The maximum Gasteiger partial charge on any atom is 0.335 e. The fraction of sp³-hybridized carbons (Fsp3) is 0.735. The van der Waals surface area contributed by atoms with E-state index in [1.807, 2.05) is 6.07 Å². The molecule has 4 aliphatic carbocycles. The normalized spacial score (nSPS) is 36.0. The van der Waals surface area contributed by atoms with Crippen LogP contribution in [0.3, 0.4) is 0 Å². The maximum atomic E-state index is 12.6. The molecule has 0 saturated heterocycles. The van der Waals surface area contributed by atoms with E-state index in [0.717, 1.165) is 95.5 Å². The van der Waals surface area contributed by atoms with E-state index >= 15 is 0 Å². The minimum absolute atomic E-state index is 0.0289. The number of aliphatic carboxylic acids is 1. The Morgan fingerprint density at radius 2 is 1.66 bits per heavy atom. The van der Waals surface area contributed by atoms with Crippen molar-refractivity contribution in [2.24, 2.45) is 22.7 Å². The van der Waals surface area contributed by atoms with E-state index in [-0.39, 0.29) is 46.8 Å². The summed E-state index contributed by atoms with van der Waals surface area (Å²) in [6.45, 7) is 4.64. The Hall–Kier alpha value is -2.41. The lowest BCUT2D eigenvalue weighted by Crippen LogP contribution is -2.60. The van der Waals surface area contributed by atoms with Crippen molar-refractivity contribution in [2.45, 2.75) is 134 Å². The highest BCUT2D eigenvalue weighted by Crippen LogP contribution is 2.70. The molecular formula is C34H48O7. The molecule has 3 fully saturated rings. The van der Waals surface area contributed by atoms with Crippen molar-refractivity contribution < 1.29 is 29.0 Å². The summed E-state index contributed by atoms with van der Waals surface area (Å²) in [6.07, 6.45) is 17.3. The average Bonchev–Trinajstić information content (AvgIpc) is 3.21. The van der Waals surface area contributed by atoms with Gasteiger partial charge >= 0.3 is 17.6 Å². The van der Waals surface area contributed by atoms with E-state index in [2.05, 4.69) is 19.9 Å². The molecule has 1 heterocycles. The van der Waals surface area contributed by atoms with Gasteiger partial charge in [0.2, 0.25) is 0 Å². The lowest BCUT2D eigenvalue weighted by atomic mass is 9.45. The number of aliphatic hydroxyl groups is 1. The van der Waals surface area contributed by atoms with Gasteiger partial charge in [0, 0.05) is 24.3 Å². The van der Waals surface area contributed by atoms with Gasteiger partial charge in [-0.05, 0) is 105 Å². The number of hydrogen-bond donors (Lipinski definition) is 2. The third kappa shape index (κ3) is 5.80. The van der Waals surface area contributed by atoms with Crippen molar-refractivity contribution in [3.8, 4) is 0 Å². The van der Waals surface area contributed by atoms with E-state index in [1.54, 1.807) is 6.26 Å². The number of hydrogen-bond acceptors (Lipinski definition) is 6. The number of allylic oxidation sites excluding steroid dienone is 1. The second-order valence-corrected chi connectivity index (χ2v) is 13.8. The first-order valence-corrected chi connectivity index (χ1v) is 16.0. The number of carboxylic acids is 1. The second kappa shape index (κ2) is 12.1. The Morgan fingerprint density at radius 3 is 2.37 bits per heavy atom. The molecule has 3 saturated carbocycles. The fourth-order valence-electron chi connectivity index (χ4n) is 9.34. The third-order valence-corrected chi connectivity index (χ3v) is 11.7. The van der Waals surface area contributed by atoms with Crippen LogP contribution in [-0.4, -0.2) is 33.9 Å². The number of carbonyl (C=O) groups excluding carboxylic acids is 1. The number of carboxylic acid groups (broad SMARTS) is 1. The highest BCUT2D eigenvalue weighted by atomic mass is 16.5. The van der Waals surface area contributed by atoms with Crippen molar-refractivity contribution in [1.82, 2.24) is 0 Å². The molecule has 0 unspecified atom stereocenters. The molecule has 41 heavy (non-hydrogen) atoms. The summed E-state index contributed by atoms with van der Waals surface area (Å²) in [7, 11) is 0. The molecule has 0 spiro atoms. The summed E-state index contributed by atoms with van der Waals surface area (Å²) in [4.78, 5) is 34.7. The average molecular weight is 569 g/mol. The van der Waals surface area contributed by atoms with E-state index in [1.165, 1.54) is 11.6 Å². The second-order valence-electron chi connectivity index (χ2n) is 13.8. The zero-order valence-corrected chi connectivity index (χ0v) is 24.9. The lowest BCUT2D eigenvalue weighted by Gasteiger charge is -2.61. The van der Waals surface area contributed by atoms with Gasteiger partial charge in [-0.25, -0.2) is 4.79 Å². The largest absolute Gasteiger partial charge is 0.481 e. The molecule has 2 N–H and O–H groups in total. The summed E-state index contributed by atoms with van der Waals surface area (Å²) < 4.78 is 11.1. The van der Waals surface area contributed by atoms with E-state index < -0.39 is 11.6 Å². The topological polar surface area (TPSA) is 114 Å². The van der Waals surface area contributed by atoms with Gasteiger partial charge in [-0.2, -0.15) is 0 Å². The van der Waals surface area contributed by atoms with Crippen LogP contribution in [0, 0.1) is 22.7 Å². The van der Waals surface area contributed by atoms with Crippen LogP contribution in [-0.2, 0) is 14.3 Å². The molecule has 0 bridgehead atoms. The van der Waals surface area contributed by atoms with Gasteiger partial charge in [0.05, 0.1) is 11.9 Å². The summed E-state index contributed by atoms with van der Waals surface area (Å²) in [5.41, 5.74) is 1.17. The van der Waals surface area contributed by atoms with Gasteiger partial charge in [0.15, 0.2) is 0 Å². The quantitative estimate of drug-likeness (QED) is 0.169. The molecule has 226 valence electrons. The molecule has 0 amide bonds. The molecule has 7 heteroatoms. The van der Waals surface area contributed by atoms with Crippen LogP contribution in [0.4, 0.5) is 0 Å². The number of carbonyl (C=O) groups is 2. The van der Waals surface area contributed by atoms with Gasteiger partial charge in [0.25, 0.3) is 0 Å². The maximum absolute atomic E-state index is 12.6. The van der Waals surface area contributed by atoms with Crippen LogP contribution in [0.5, 0.6) is 0 Å². The number of unbranched alkanes of at least 4 members (excludes halogenated alkanes) is 5. The standard InChI is InChI=1S/C34H48O7/c1-32-18-15-25(41-31(38)10-8-6-4-3-5-7-9-29(35)36)21-24(32)12-13-28-27(32)16-19-33(2)26(17-20-34(28,33)39)23-11-14-30(37)40-22-23/h11,14,21-22,25-28,39H,3-10,12-13,15-20H2,1-2H3,(H,35,36)/t25-,26+,27-,28+,32-,33+,34-/m0/s1. The smallest absolute Gasteiger partial charge is 0.335 e. The predicted octanol–water partition coefficient (Wildman–Crippen LogP) is 6.92. The fourth-order valence-corrected chi connectivity index (χ4v) is 9.34. The Kier molecular flexibility index (Phi) is 8.84. The van der Waals surface area contributed by atoms with Gasteiger partial charge in [-0.3, -0.25) is 9.59 Å². The van der Waals surface area contributed by atoms with Crippen molar-refractivity contribution in [3.63, 3.8) is 0 Å². The highest BCUT2D eigenvalue weighted by Gasteiger charge is 2.66. The molecule has 4 aliphatic rings. The zero-order chi connectivity index (χ0) is 29.3. The molecule has 7 nitrogen and oxygen atoms in total. The first-order valence-electron chi connectivity index (χ1n) is 16.0. The van der Waals surface area contributed by atoms with Crippen molar-refractivity contribution >= 4 is 11.9 Å². The number of esters is 1. The molecule has 0 aliphatic heterocycles. The van der Waals surface area contributed by atoms with Crippen LogP contribution < -0.4 is 5.63 Å². The Bertz CT molecular complexity index is 1180. The molecule has 0 radical (unpaired) electrons. The van der Waals surface area contributed by atoms with Gasteiger partial charge in [-0.15, -0.1) is 0 Å². The summed E-state index contributed by atoms with van der Waals surface area (Å²) in [6, 6.07) is 3.38. The Balaban J connectivity index is 1.16. The molecule has 5 rings (SSSR count). The molecule has 1 aromatic rings. The minimum atomic E-state index is -0.734. The van der Waals surface area contributed by atoms with Crippen LogP contribution in [0.2, 0.25) is 0 Å². The molecule has 1 aromatic heterocycles. The van der Waals surface area contributed by atoms with Crippen LogP contribution in [0.1, 0.15) is 128 Å². The number of fused-ring (bicyclic) bond motifs is 5. The molecule has 0 aromatic carbocycles. The summed E-state index contributed by atoms with van der Waals surface area (Å²) in [5.74, 6) is -0.00405. The summed E-state index contributed by atoms with van der Waals surface area (Å²) in [5, 5.41) is 21.1. The number of ether oxygens (including phenoxy) is 1.